The third kappa shape index (κ3) is 3.04. The summed E-state index contributed by atoms with van der Waals surface area (Å²) in [5, 5.41) is 3.03. The van der Waals surface area contributed by atoms with Crippen molar-refractivity contribution in [2.45, 2.75) is 13.3 Å². The van der Waals surface area contributed by atoms with Crippen LogP contribution in [-0.2, 0) is 0 Å². The SMILES string of the molecule is CCCOc1nc(N)nc(Nc2ccc3c(c2)OCO3)n1. The molecule has 0 amide bonds. The number of fused-ring (bicyclic) bond motifs is 1. The number of rotatable bonds is 5. The molecule has 0 saturated heterocycles. The lowest BCUT2D eigenvalue weighted by molar-refractivity contribution is 0.174. The van der Waals surface area contributed by atoms with E-state index in [0.29, 0.717) is 24.1 Å². The molecule has 0 fully saturated rings. The molecule has 0 radical (unpaired) electrons. The normalized spacial score (nSPS) is 12.2. The zero-order chi connectivity index (χ0) is 14.7. The summed E-state index contributed by atoms with van der Waals surface area (Å²) in [6, 6.07) is 5.64. The highest BCUT2D eigenvalue weighted by Crippen LogP contribution is 2.34. The highest BCUT2D eigenvalue weighted by atomic mass is 16.7. The standard InChI is InChI=1S/C13H15N5O3/c1-2-5-19-13-17-11(14)16-12(18-13)15-8-3-4-9-10(6-8)21-7-20-9/h3-4,6H,2,5,7H2,1H3,(H3,14,15,16,17,18). The van der Waals surface area contributed by atoms with Crippen molar-refractivity contribution in [2.75, 3.05) is 24.5 Å². The Balaban J connectivity index is 1.79. The number of hydrogen-bond donors (Lipinski definition) is 2. The molecule has 2 aromatic rings. The maximum atomic E-state index is 5.65. The Bertz CT molecular complexity index is 650. The van der Waals surface area contributed by atoms with E-state index in [0.717, 1.165) is 12.1 Å². The van der Waals surface area contributed by atoms with Crippen LogP contribution in [0.3, 0.4) is 0 Å². The van der Waals surface area contributed by atoms with E-state index in [2.05, 4.69) is 20.3 Å². The molecule has 0 saturated carbocycles. The van der Waals surface area contributed by atoms with Crippen LogP contribution < -0.4 is 25.3 Å². The van der Waals surface area contributed by atoms with Crippen molar-refractivity contribution in [2.24, 2.45) is 0 Å². The molecular formula is C13H15N5O3. The van der Waals surface area contributed by atoms with Crippen molar-refractivity contribution < 1.29 is 14.2 Å². The molecule has 0 atom stereocenters. The monoisotopic (exact) mass is 289 g/mol. The Morgan fingerprint density at radius 3 is 2.95 bits per heavy atom. The Morgan fingerprint density at radius 1 is 1.24 bits per heavy atom. The fraction of sp³-hybridized carbons (Fsp3) is 0.308. The zero-order valence-electron chi connectivity index (χ0n) is 11.5. The number of benzene rings is 1. The zero-order valence-corrected chi connectivity index (χ0v) is 11.5. The summed E-state index contributed by atoms with van der Waals surface area (Å²) in [7, 11) is 0. The fourth-order valence-corrected chi connectivity index (χ4v) is 1.79. The number of ether oxygens (including phenoxy) is 3. The number of nitrogens with two attached hydrogens (primary N) is 1. The molecular weight excluding hydrogens is 274 g/mol. The van der Waals surface area contributed by atoms with Gasteiger partial charge < -0.3 is 25.3 Å². The van der Waals surface area contributed by atoms with Gasteiger partial charge in [0.25, 0.3) is 0 Å². The van der Waals surface area contributed by atoms with Crippen molar-refractivity contribution in [3.8, 4) is 17.5 Å². The predicted molar refractivity (Wildman–Crippen MR) is 75.9 cm³/mol. The van der Waals surface area contributed by atoms with Crippen LogP contribution in [0.25, 0.3) is 0 Å². The van der Waals surface area contributed by atoms with Gasteiger partial charge in [-0.15, -0.1) is 0 Å². The van der Waals surface area contributed by atoms with Crippen LogP contribution >= 0.6 is 0 Å². The second kappa shape index (κ2) is 5.70. The van der Waals surface area contributed by atoms with Gasteiger partial charge in [0.15, 0.2) is 11.5 Å². The first-order chi connectivity index (χ1) is 10.2. The number of hydrogen-bond acceptors (Lipinski definition) is 8. The number of nitrogen functional groups attached to an aromatic ring is 1. The highest BCUT2D eigenvalue weighted by molar-refractivity contribution is 5.60. The van der Waals surface area contributed by atoms with Crippen LogP contribution in [0.2, 0.25) is 0 Å². The summed E-state index contributed by atoms with van der Waals surface area (Å²) in [6.45, 7) is 2.75. The minimum absolute atomic E-state index is 0.0966. The molecule has 1 aromatic heterocycles. The molecule has 2 heterocycles. The molecule has 110 valence electrons. The van der Waals surface area contributed by atoms with Crippen LogP contribution in [-0.4, -0.2) is 28.4 Å². The summed E-state index contributed by atoms with van der Waals surface area (Å²) < 4.78 is 15.9. The van der Waals surface area contributed by atoms with Gasteiger partial charge in [0.05, 0.1) is 6.61 Å². The van der Waals surface area contributed by atoms with Crippen molar-refractivity contribution >= 4 is 17.6 Å². The molecule has 3 N–H and O–H groups in total. The van der Waals surface area contributed by atoms with Crippen LogP contribution in [0.15, 0.2) is 18.2 Å². The molecule has 1 aliphatic heterocycles. The van der Waals surface area contributed by atoms with Crippen molar-refractivity contribution in [3.05, 3.63) is 18.2 Å². The Hall–Kier alpha value is -2.77. The summed E-state index contributed by atoms with van der Waals surface area (Å²) in [5.74, 6) is 1.79. The van der Waals surface area contributed by atoms with Gasteiger partial charge in [-0.1, -0.05) is 6.92 Å². The molecule has 0 bridgehead atoms. The average Bonchev–Trinajstić information content (AvgIpc) is 2.92. The maximum Gasteiger partial charge on any atom is 0.323 e. The van der Waals surface area contributed by atoms with Crippen LogP contribution in [0.4, 0.5) is 17.6 Å². The summed E-state index contributed by atoms with van der Waals surface area (Å²) in [6.07, 6.45) is 0.858. The summed E-state index contributed by atoms with van der Waals surface area (Å²) in [4.78, 5) is 12.1. The second-order valence-corrected chi connectivity index (χ2v) is 4.34. The highest BCUT2D eigenvalue weighted by Gasteiger charge is 2.14. The third-order valence-corrected chi connectivity index (χ3v) is 2.70. The lowest BCUT2D eigenvalue weighted by Gasteiger charge is -2.08. The number of anilines is 3. The van der Waals surface area contributed by atoms with E-state index < -0.39 is 0 Å². The van der Waals surface area contributed by atoms with Gasteiger partial charge in [-0.3, -0.25) is 0 Å². The van der Waals surface area contributed by atoms with Crippen molar-refractivity contribution in [3.63, 3.8) is 0 Å². The fourth-order valence-electron chi connectivity index (χ4n) is 1.79. The van der Waals surface area contributed by atoms with E-state index in [9.17, 15) is 0 Å². The largest absolute Gasteiger partial charge is 0.463 e. The average molecular weight is 289 g/mol. The van der Waals surface area contributed by atoms with Gasteiger partial charge in [-0.25, -0.2) is 0 Å². The van der Waals surface area contributed by atoms with Crippen LogP contribution in [0.5, 0.6) is 17.5 Å². The number of aromatic nitrogens is 3. The van der Waals surface area contributed by atoms with E-state index in [-0.39, 0.29) is 18.8 Å². The maximum absolute atomic E-state index is 5.65. The van der Waals surface area contributed by atoms with Crippen molar-refractivity contribution in [1.29, 1.82) is 0 Å². The van der Waals surface area contributed by atoms with Crippen LogP contribution in [0, 0.1) is 0 Å². The van der Waals surface area contributed by atoms with Gasteiger partial charge in [0, 0.05) is 11.8 Å². The van der Waals surface area contributed by atoms with E-state index in [1.165, 1.54) is 0 Å². The van der Waals surface area contributed by atoms with E-state index >= 15 is 0 Å². The first kappa shape index (κ1) is 13.2. The molecule has 0 aliphatic carbocycles. The predicted octanol–water partition coefficient (Wildman–Crippen LogP) is 1.71. The lowest BCUT2D eigenvalue weighted by atomic mass is 10.3. The second-order valence-electron chi connectivity index (χ2n) is 4.34. The minimum atomic E-state index is 0.0966. The molecule has 0 unspecified atom stereocenters. The number of nitrogens with one attached hydrogen (secondary N) is 1. The Labute approximate surface area is 121 Å². The quantitative estimate of drug-likeness (QED) is 0.857. The van der Waals surface area contributed by atoms with Gasteiger partial charge in [0.1, 0.15) is 0 Å². The van der Waals surface area contributed by atoms with E-state index in [1.807, 2.05) is 19.1 Å². The minimum Gasteiger partial charge on any atom is -0.463 e. The molecule has 0 spiro atoms. The molecule has 21 heavy (non-hydrogen) atoms. The smallest absolute Gasteiger partial charge is 0.323 e. The van der Waals surface area contributed by atoms with E-state index in [4.69, 9.17) is 19.9 Å². The van der Waals surface area contributed by atoms with Crippen LogP contribution in [0.1, 0.15) is 13.3 Å². The van der Waals surface area contributed by atoms with Gasteiger partial charge in [-0.2, -0.15) is 15.0 Å². The first-order valence-electron chi connectivity index (χ1n) is 6.55. The van der Waals surface area contributed by atoms with Gasteiger partial charge >= 0.3 is 6.01 Å². The molecule has 3 rings (SSSR count). The molecule has 1 aliphatic rings. The molecule has 8 heteroatoms. The summed E-state index contributed by atoms with van der Waals surface area (Å²) in [5.41, 5.74) is 6.40. The molecule has 8 nitrogen and oxygen atoms in total. The number of nitrogens with zero attached hydrogens (tertiary/aromatic N) is 3. The van der Waals surface area contributed by atoms with Crippen molar-refractivity contribution in [1.82, 2.24) is 15.0 Å². The molecule has 1 aromatic carbocycles. The Morgan fingerprint density at radius 2 is 2.10 bits per heavy atom. The third-order valence-electron chi connectivity index (χ3n) is 2.70. The van der Waals surface area contributed by atoms with Gasteiger partial charge in [-0.05, 0) is 18.6 Å². The van der Waals surface area contributed by atoms with Gasteiger partial charge in [0.2, 0.25) is 18.7 Å². The van der Waals surface area contributed by atoms with E-state index in [1.54, 1.807) is 6.07 Å². The summed E-state index contributed by atoms with van der Waals surface area (Å²) >= 11 is 0. The topological polar surface area (TPSA) is 104 Å². The first-order valence-corrected chi connectivity index (χ1v) is 6.55. The lowest BCUT2D eigenvalue weighted by Crippen LogP contribution is -2.07. The Kier molecular flexibility index (Phi) is 3.59.